The number of benzene rings is 2. The van der Waals surface area contributed by atoms with Crippen LogP contribution >= 0.6 is 0 Å². The van der Waals surface area contributed by atoms with E-state index in [9.17, 15) is 13.6 Å². The van der Waals surface area contributed by atoms with Gasteiger partial charge in [-0.25, -0.2) is 8.78 Å². The average Bonchev–Trinajstić information content (AvgIpc) is 2.65. The molecular formula is C20H24F2N4O2. The van der Waals surface area contributed by atoms with Gasteiger partial charge < -0.3 is 21.1 Å². The maximum Gasteiger partial charge on any atom is 0.254 e. The van der Waals surface area contributed by atoms with E-state index in [2.05, 4.69) is 10.6 Å². The highest BCUT2D eigenvalue weighted by atomic mass is 19.1. The van der Waals surface area contributed by atoms with Gasteiger partial charge in [-0.15, -0.1) is 0 Å². The SMILES string of the molecule is COC(C(=O)NCc1ccc(C(=N)N)cc1)c1c(F)ccc(NC(C)C)c1F. The number of hydrogen-bond donors (Lipinski definition) is 4. The summed E-state index contributed by atoms with van der Waals surface area (Å²) in [5.41, 5.74) is 6.35. The molecule has 0 aromatic heterocycles. The number of ether oxygens (including phenoxy) is 1. The number of amidine groups is 1. The Labute approximate surface area is 162 Å². The normalized spacial score (nSPS) is 11.9. The minimum absolute atomic E-state index is 0.0594. The van der Waals surface area contributed by atoms with Gasteiger partial charge in [0.25, 0.3) is 5.91 Å². The Balaban J connectivity index is 2.18. The number of methoxy groups -OCH3 is 1. The van der Waals surface area contributed by atoms with Crippen LogP contribution in [-0.4, -0.2) is 24.9 Å². The molecule has 0 bridgehead atoms. The largest absolute Gasteiger partial charge is 0.384 e. The van der Waals surface area contributed by atoms with Crippen LogP contribution in [0.2, 0.25) is 0 Å². The van der Waals surface area contributed by atoms with Crippen molar-refractivity contribution in [2.24, 2.45) is 5.73 Å². The van der Waals surface area contributed by atoms with Crippen molar-refractivity contribution >= 4 is 17.4 Å². The first-order chi connectivity index (χ1) is 13.2. The molecule has 0 spiro atoms. The van der Waals surface area contributed by atoms with Crippen LogP contribution in [0, 0.1) is 17.0 Å². The van der Waals surface area contributed by atoms with E-state index in [0.717, 1.165) is 11.6 Å². The molecule has 1 amide bonds. The van der Waals surface area contributed by atoms with Crippen molar-refractivity contribution in [3.63, 3.8) is 0 Å². The van der Waals surface area contributed by atoms with Crippen molar-refractivity contribution in [2.45, 2.75) is 32.5 Å². The van der Waals surface area contributed by atoms with Gasteiger partial charge in [-0.05, 0) is 31.5 Å². The fraction of sp³-hybridized carbons (Fsp3) is 0.300. The Morgan fingerprint density at radius 1 is 1.18 bits per heavy atom. The summed E-state index contributed by atoms with van der Waals surface area (Å²) in [6.07, 6.45) is -1.44. The van der Waals surface area contributed by atoms with Crippen molar-refractivity contribution in [1.82, 2.24) is 5.32 Å². The number of rotatable bonds is 8. The van der Waals surface area contributed by atoms with Crippen molar-refractivity contribution in [1.29, 1.82) is 5.41 Å². The molecule has 2 aromatic rings. The molecule has 1 atom stereocenters. The summed E-state index contributed by atoms with van der Waals surface area (Å²) in [5, 5.41) is 12.9. The topological polar surface area (TPSA) is 100 Å². The maximum absolute atomic E-state index is 14.8. The van der Waals surface area contributed by atoms with Crippen molar-refractivity contribution in [3.05, 3.63) is 64.7 Å². The lowest BCUT2D eigenvalue weighted by Crippen LogP contribution is -2.31. The number of hydrogen-bond acceptors (Lipinski definition) is 4. The standard InChI is InChI=1S/C20H24F2N4O2/c1-11(2)26-15-9-8-14(21)16(17(15)22)18(28-3)20(27)25-10-12-4-6-13(7-5-12)19(23)24/h4-9,11,18,26H,10H2,1-3H3,(H3,23,24)(H,25,27). The van der Waals surface area contributed by atoms with Gasteiger partial charge in [0.1, 0.15) is 11.7 Å². The lowest BCUT2D eigenvalue weighted by atomic mass is 10.0. The third-order valence-electron chi connectivity index (χ3n) is 4.04. The van der Waals surface area contributed by atoms with Crippen molar-refractivity contribution in [2.75, 3.05) is 12.4 Å². The van der Waals surface area contributed by atoms with E-state index in [4.69, 9.17) is 15.9 Å². The number of anilines is 1. The molecule has 0 saturated carbocycles. The molecular weight excluding hydrogens is 366 g/mol. The molecule has 0 aliphatic heterocycles. The summed E-state index contributed by atoms with van der Waals surface area (Å²) in [5.74, 6) is -2.45. The lowest BCUT2D eigenvalue weighted by Gasteiger charge is -2.20. The molecule has 0 heterocycles. The van der Waals surface area contributed by atoms with Gasteiger partial charge in [0.15, 0.2) is 11.9 Å². The second kappa shape index (κ2) is 9.27. The highest BCUT2D eigenvalue weighted by Gasteiger charge is 2.28. The van der Waals surface area contributed by atoms with E-state index >= 15 is 0 Å². The number of nitrogen functional groups attached to an aromatic ring is 1. The molecule has 2 aromatic carbocycles. The predicted molar refractivity (Wildman–Crippen MR) is 104 cm³/mol. The van der Waals surface area contributed by atoms with E-state index < -0.39 is 29.2 Å². The zero-order valence-corrected chi connectivity index (χ0v) is 16.0. The molecule has 0 saturated heterocycles. The molecule has 0 radical (unpaired) electrons. The van der Waals surface area contributed by atoms with Gasteiger partial charge in [0.05, 0.1) is 11.3 Å². The predicted octanol–water partition coefficient (Wildman–Crippen LogP) is 3.07. The first-order valence-electron chi connectivity index (χ1n) is 8.72. The molecule has 150 valence electrons. The Morgan fingerprint density at radius 2 is 1.82 bits per heavy atom. The Morgan fingerprint density at radius 3 is 2.36 bits per heavy atom. The Hall–Kier alpha value is -3.00. The molecule has 8 heteroatoms. The lowest BCUT2D eigenvalue weighted by molar-refractivity contribution is -0.131. The van der Waals surface area contributed by atoms with Crippen LogP contribution in [0.5, 0.6) is 0 Å². The third-order valence-corrected chi connectivity index (χ3v) is 4.04. The highest BCUT2D eigenvalue weighted by molar-refractivity contribution is 5.94. The van der Waals surface area contributed by atoms with Gasteiger partial charge >= 0.3 is 0 Å². The van der Waals surface area contributed by atoms with Gasteiger partial charge in [0, 0.05) is 25.3 Å². The van der Waals surface area contributed by atoms with Gasteiger partial charge in [-0.3, -0.25) is 10.2 Å². The summed E-state index contributed by atoms with van der Waals surface area (Å²) >= 11 is 0. The monoisotopic (exact) mass is 390 g/mol. The van der Waals surface area contributed by atoms with E-state index in [-0.39, 0.29) is 24.1 Å². The summed E-state index contributed by atoms with van der Waals surface area (Å²) in [4.78, 5) is 12.5. The zero-order valence-electron chi connectivity index (χ0n) is 16.0. The van der Waals surface area contributed by atoms with E-state index in [0.29, 0.717) is 5.56 Å². The summed E-state index contributed by atoms with van der Waals surface area (Å²) in [6.45, 7) is 3.77. The number of amides is 1. The minimum atomic E-state index is -1.44. The number of carbonyl (C=O) groups is 1. The quantitative estimate of drug-likeness (QED) is 0.411. The van der Waals surface area contributed by atoms with Crippen molar-refractivity contribution in [3.8, 4) is 0 Å². The highest BCUT2D eigenvalue weighted by Crippen LogP contribution is 2.29. The van der Waals surface area contributed by atoms with Crippen molar-refractivity contribution < 1.29 is 18.3 Å². The second-order valence-electron chi connectivity index (χ2n) is 6.57. The Kier molecular flexibility index (Phi) is 7.06. The number of carbonyl (C=O) groups excluding carboxylic acids is 1. The van der Waals surface area contributed by atoms with Gasteiger partial charge in [-0.2, -0.15) is 0 Å². The first kappa shape index (κ1) is 21.3. The van der Waals surface area contributed by atoms with E-state index in [1.807, 2.05) is 13.8 Å². The minimum Gasteiger partial charge on any atom is -0.384 e. The fourth-order valence-electron chi connectivity index (χ4n) is 2.67. The smallest absolute Gasteiger partial charge is 0.254 e. The summed E-state index contributed by atoms with van der Waals surface area (Å²) in [6, 6.07) is 9.02. The van der Waals surface area contributed by atoms with Gasteiger partial charge in [0.2, 0.25) is 0 Å². The molecule has 6 nitrogen and oxygen atoms in total. The third kappa shape index (κ3) is 5.04. The average molecular weight is 390 g/mol. The first-order valence-corrected chi connectivity index (χ1v) is 8.72. The summed E-state index contributed by atoms with van der Waals surface area (Å²) < 4.78 is 34.2. The summed E-state index contributed by atoms with van der Waals surface area (Å²) in [7, 11) is 1.22. The van der Waals surface area contributed by atoms with Gasteiger partial charge in [-0.1, -0.05) is 24.3 Å². The van der Waals surface area contributed by atoms with Crippen LogP contribution in [0.25, 0.3) is 0 Å². The fourth-order valence-corrected chi connectivity index (χ4v) is 2.67. The number of nitrogens with two attached hydrogens (primary N) is 1. The van der Waals surface area contributed by atoms with Crippen LogP contribution in [0.15, 0.2) is 36.4 Å². The molecule has 0 fully saturated rings. The van der Waals surface area contributed by atoms with Crippen LogP contribution in [-0.2, 0) is 16.1 Å². The number of halogens is 2. The molecule has 0 aliphatic carbocycles. The van der Waals surface area contributed by atoms with Crippen LogP contribution in [0.1, 0.15) is 36.6 Å². The Bertz CT molecular complexity index is 854. The number of nitrogens with one attached hydrogen (secondary N) is 3. The molecule has 0 aliphatic rings. The second-order valence-corrected chi connectivity index (χ2v) is 6.57. The maximum atomic E-state index is 14.8. The van der Waals surface area contributed by atoms with E-state index in [1.54, 1.807) is 24.3 Å². The van der Waals surface area contributed by atoms with Crippen LogP contribution in [0.4, 0.5) is 14.5 Å². The molecule has 1 unspecified atom stereocenters. The molecule has 28 heavy (non-hydrogen) atoms. The van der Waals surface area contributed by atoms with Crippen LogP contribution in [0.3, 0.4) is 0 Å². The molecule has 2 rings (SSSR count). The molecule has 5 N–H and O–H groups in total. The van der Waals surface area contributed by atoms with E-state index in [1.165, 1.54) is 13.2 Å². The zero-order chi connectivity index (χ0) is 20.8. The van der Waals surface area contributed by atoms with Crippen LogP contribution < -0.4 is 16.4 Å².